The van der Waals surface area contributed by atoms with E-state index < -0.39 is 8.80 Å². The first-order valence-electron chi connectivity index (χ1n) is 6.54. The molecule has 0 fully saturated rings. The van der Waals surface area contributed by atoms with Crippen LogP contribution < -0.4 is 0 Å². The van der Waals surface area contributed by atoms with E-state index in [4.69, 9.17) is 13.3 Å². The molecule has 1 aromatic carbocycles. The lowest BCUT2D eigenvalue weighted by Crippen LogP contribution is -2.45. The first-order valence-corrected chi connectivity index (χ1v) is 8.47. The van der Waals surface area contributed by atoms with Crippen LogP contribution in [-0.2, 0) is 19.7 Å². The van der Waals surface area contributed by atoms with Crippen LogP contribution in [0.5, 0.6) is 0 Å². The molecule has 0 saturated heterocycles. The lowest BCUT2D eigenvalue weighted by Gasteiger charge is -2.28. The molecular formula is C14H23FO3Si. The maximum Gasteiger partial charge on any atom is 0.500 e. The highest BCUT2D eigenvalue weighted by Gasteiger charge is 2.39. The van der Waals surface area contributed by atoms with Crippen LogP contribution in [-0.4, -0.2) is 29.1 Å². The van der Waals surface area contributed by atoms with Gasteiger partial charge < -0.3 is 13.3 Å². The summed E-state index contributed by atoms with van der Waals surface area (Å²) in [4.78, 5) is 0. The van der Waals surface area contributed by atoms with Crippen molar-refractivity contribution in [3.63, 3.8) is 0 Å². The van der Waals surface area contributed by atoms with Crippen LogP contribution in [0.15, 0.2) is 24.3 Å². The van der Waals surface area contributed by atoms with Gasteiger partial charge in [0.15, 0.2) is 0 Å². The van der Waals surface area contributed by atoms with Gasteiger partial charge in [-0.2, -0.15) is 0 Å². The second-order valence-corrected chi connectivity index (χ2v) is 7.66. The monoisotopic (exact) mass is 286 g/mol. The molecule has 108 valence electrons. The highest BCUT2D eigenvalue weighted by atomic mass is 28.4. The molecule has 0 atom stereocenters. The lowest BCUT2D eigenvalue weighted by molar-refractivity contribution is 0.0695. The fraction of sp³-hybridized carbons (Fsp3) is 0.571. The second-order valence-electron chi connectivity index (χ2n) is 4.74. The molecule has 0 aliphatic carbocycles. The van der Waals surface area contributed by atoms with Crippen LogP contribution in [0.1, 0.15) is 25.8 Å². The molecular weight excluding hydrogens is 263 g/mol. The molecule has 0 bridgehead atoms. The van der Waals surface area contributed by atoms with E-state index in [2.05, 4.69) is 0 Å². The molecule has 0 aromatic heterocycles. The average molecular weight is 286 g/mol. The molecule has 0 amide bonds. The normalized spacial score (nSPS) is 12.1. The summed E-state index contributed by atoms with van der Waals surface area (Å²) in [5, 5.41) is 0. The minimum absolute atomic E-state index is 0.0701. The minimum atomic E-state index is -2.57. The van der Waals surface area contributed by atoms with Crippen LogP contribution in [0.4, 0.5) is 4.39 Å². The number of halogens is 1. The van der Waals surface area contributed by atoms with Gasteiger partial charge in [0, 0.05) is 26.4 Å². The Morgan fingerprint density at radius 1 is 1.21 bits per heavy atom. The Morgan fingerprint density at radius 3 is 2.42 bits per heavy atom. The van der Waals surface area contributed by atoms with Crippen molar-refractivity contribution in [3.05, 3.63) is 35.6 Å². The van der Waals surface area contributed by atoms with E-state index in [0.717, 1.165) is 24.4 Å². The van der Waals surface area contributed by atoms with Crippen LogP contribution in [0.2, 0.25) is 6.04 Å². The molecule has 0 radical (unpaired) electrons. The maximum absolute atomic E-state index is 13.1. The molecule has 0 aliphatic rings. The molecule has 0 spiro atoms. The van der Waals surface area contributed by atoms with Crippen molar-refractivity contribution in [2.24, 2.45) is 0 Å². The Hall–Kier alpha value is -0.753. The van der Waals surface area contributed by atoms with E-state index in [9.17, 15) is 4.39 Å². The summed E-state index contributed by atoms with van der Waals surface area (Å²) in [6.45, 7) is 3.93. The van der Waals surface area contributed by atoms with Crippen LogP contribution in [0.25, 0.3) is 0 Å². The van der Waals surface area contributed by atoms with Crippen molar-refractivity contribution in [1.82, 2.24) is 0 Å². The van der Waals surface area contributed by atoms with Crippen LogP contribution in [0, 0.1) is 5.82 Å². The SMILES string of the molecule is CO[Si](CCCc1cccc(F)c1)(OC)OC(C)C. The molecule has 0 N–H and O–H groups in total. The topological polar surface area (TPSA) is 27.7 Å². The van der Waals surface area contributed by atoms with Crippen LogP contribution >= 0.6 is 0 Å². The summed E-state index contributed by atoms with van der Waals surface area (Å²) in [5.74, 6) is -0.196. The van der Waals surface area contributed by atoms with Crippen LogP contribution in [0.3, 0.4) is 0 Å². The predicted molar refractivity (Wildman–Crippen MR) is 75.5 cm³/mol. The summed E-state index contributed by atoms with van der Waals surface area (Å²) >= 11 is 0. The first-order chi connectivity index (χ1) is 9.01. The van der Waals surface area contributed by atoms with Crippen molar-refractivity contribution in [2.75, 3.05) is 14.2 Å². The number of hydrogen-bond acceptors (Lipinski definition) is 3. The van der Waals surface area contributed by atoms with Crippen molar-refractivity contribution < 1.29 is 17.7 Å². The summed E-state index contributed by atoms with van der Waals surface area (Å²) < 4.78 is 29.8. The van der Waals surface area contributed by atoms with Crippen molar-refractivity contribution in [1.29, 1.82) is 0 Å². The number of aryl methyl sites for hydroxylation is 1. The Labute approximate surface area is 116 Å². The zero-order valence-corrected chi connectivity index (χ0v) is 13.1. The van der Waals surface area contributed by atoms with Crippen molar-refractivity contribution in [2.45, 2.75) is 38.8 Å². The van der Waals surface area contributed by atoms with Gasteiger partial charge >= 0.3 is 8.80 Å². The molecule has 19 heavy (non-hydrogen) atoms. The van der Waals surface area contributed by atoms with Gasteiger partial charge in [0.1, 0.15) is 5.82 Å². The van der Waals surface area contributed by atoms with Crippen molar-refractivity contribution in [3.8, 4) is 0 Å². The van der Waals surface area contributed by atoms with Gasteiger partial charge in [0.25, 0.3) is 0 Å². The summed E-state index contributed by atoms with van der Waals surface area (Å²) in [5.41, 5.74) is 0.986. The van der Waals surface area contributed by atoms with E-state index >= 15 is 0 Å². The second kappa shape index (κ2) is 7.74. The largest absolute Gasteiger partial charge is 0.500 e. The van der Waals surface area contributed by atoms with Gasteiger partial charge in [-0.25, -0.2) is 4.39 Å². The first kappa shape index (κ1) is 16.3. The fourth-order valence-corrected chi connectivity index (χ4v) is 4.22. The van der Waals surface area contributed by atoms with Gasteiger partial charge in [-0.3, -0.25) is 0 Å². The van der Waals surface area contributed by atoms with Gasteiger partial charge in [-0.1, -0.05) is 12.1 Å². The zero-order valence-electron chi connectivity index (χ0n) is 12.1. The molecule has 0 heterocycles. The number of rotatable bonds is 8. The van der Waals surface area contributed by atoms with Crippen molar-refractivity contribution >= 4 is 8.80 Å². The smallest absolute Gasteiger partial charge is 0.377 e. The minimum Gasteiger partial charge on any atom is -0.377 e. The summed E-state index contributed by atoms with van der Waals surface area (Å²) in [6.07, 6.45) is 1.71. The van der Waals surface area contributed by atoms with Gasteiger partial charge in [-0.05, 0) is 44.4 Å². The predicted octanol–water partition coefficient (Wildman–Crippen LogP) is 3.42. The van der Waals surface area contributed by atoms with E-state index in [1.165, 1.54) is 6.07 Å². The molecule has 1 rings (SSSR count). The Bertz CT molecular complexity index is 381. The van der Waals surface area contributed by atoms with Gasteiger partial charge in [-0.15, -0.1) is 0 Å². The van der Waals surface area contributed by atoms with Gasteiger partial charge in [0.2, 0.25) is 0 Å². The Balaban J connectivity index is 2.52. The standard InChI is InChI=1S/C14H23FO3Si/c1-12(2)18-19(16-3,17-4)10-6-8-13-7-5-9-14(15)11-13/h5,7,9,11-12H,6,8,10H2,1-4H3. The highest BCUT2D eigenvalue weighted by Crippen LogP contribution is 2.20. The molecule has 0 saturated carbocycles. The number of benzene rings is 1. The summed E-state index contributed by atoms with van der Waals surface area (Å²) in [6, 6.07) is 7.40. The maximum atomic E-state index is 13.1. The third-order valence-electron chi connectivity index (χ3n) is 2.87. The molecule has 1 aromatic rings. The Kier molecular flexibility index (Phi) is 6.64. The third-order valence-corrected chi connectivity index (χ3v) is 5.92. The zero-order chi connectivity index (χ0) is 14.3. The highest BCUT2D eigenvalue weighted by molar-refractivity contribution is 6.60. The summed E-state index contributed by atoms with van der Waals surface area (Å²) in [7, 11) is 0.683. The molecule has 0 unspecified atom stereocenters. The fourth-order valence-electron chi connectivity index (χ4n) is 2.00. The van der Waals surface area contributed by atoms with E-state index in [1.54, 1.807) is 26.4 Å². The average Bonchev–Trinajstić information content (AvgIpc) is 2.37. The quantitative estimate of drug-likeness (QED) is 0.685. The molecule has 0 aliphatic heterocycles. The number of hydrogen-bond donors (Lipinski definition) is 0. The third kappa shape index (κ3) is 5.40. The molecule has 5 heteroatoms. The molecule has 3 nitrogen and oxygen atoms in total. The Morgan fingerprint density at radius 2 is 1.89 bits per heavy atom. The van der Waals surface area contributed by atoms with E-state index in [1.807, 2.05) is 19.9 Å². The van der Waals surface area contributed by atoms with E-state index in [0.29, 0.717) is 0 Å². The lowest BCUT2D eigenvalue weighted by atomic mass is 10.1. The van der Waals surface area contributed by atoms with E-state index in [-0.39, 0.29) is 11.9 Å². The van der Waals surface area contributed by atoms with Gasteiger partial charge in [0.05, 0.1) is 0 Å².